The summed E-state index contributed by atoms with van der Waals surface area (Å²) in [4.78, 5) is 2.16. The van der Waals surface area contributed by atoms with Gasteiger partial charge < -0.3 is 19.5 Å². The first kappa shape index (κ1) is 28.8. The minimum Gasteiger partial charge on any atom is -0.393 e. The van der Waals surface area contributed by atoms with Crippen LogP contribution in [0.4, 0.5) is 30.7 Å². The fraction of sp³-hybridized carbons (Fsp3) is 0.556. The van der Waals surface area contributed by atoms with Crippen LogP contribution in [0.1, 0.15) is 47.4 Å². The number of aliphatic hydroxyl groups excluding tert-OH is 1. The molecule has 5 atom stereocenters. The summed E-state index contributed by atoms with van der Waals surface area (Å²) in [5, 5.41) is 10.3. The third-order valence-corrected chi connectivity index (χ3v) is 7.45. The molecule has 0 amide bonds. The van der Waals surface area contributed by atoms with Crippen molar-refractivity contribution in [2.75, 3.05) is 26.8 Å². The Morgan fingerprint density at radius 2 is 1.61 bits per heavy atom. The van der Waals surface area contributed by atoms with Gasteiger partial charge in [-0.15, -0.1) is 0 Å². The number of aliphatic hydroxyl groups is 1. The van der Waals surface area contributed by atoms with Crippen LogP contribution in [0.25, 0.3) is 0 Å². The second-order valence-corrected chi connectivity index (χ2v) is 10.0. The molecule has 0 spiro atoms. The summed E-state index contributed by atoms with van der Waals surface area (Å²) in [6, 6.07) is 7.36. The van der Waals surface area contributed by atoms with Crippen molar-refractivity contribution in [1.29, 1.82) is 0 Å². The molecule has 4 rings (SSSR count). The van der Waals surface area contributed by atoms with Gasteiger partial charge in [0.25, 0.3) is 0 Å². The molecule has 0 aliphatic carbocycles. The fourth-order valence-corrected chi connectivity index (χ4v) is 5.53. The topological polar surface area (TPSA) is 41.9 Å². The Kier molecular flexibility index (Phi) is 8.71. The van der Waals surface area contributed by atoms with Crippen molar-refractivity contribution in [1.82, 2.24) is 4.90 Å². The van der Waals surface area contributed by atoms with Crippen molar-refractivity contribution >= 4 is 0 Å². The predicted octanol–water partition coefficient (Wildman–Crippen LogP) is 6.02. The lowest BCUT2D eigenvalue weighted by molar-refractivity contribution is -0.196. The highest BCUT2D eigenvalue weighted by atomic mass is 19.4. The van der Waals surface area contributed by atoms with E-state index >= 15 is 0 Å². The predicted molar refractivity (Wildman–Crippen MR) is 125 cm³/mol. The second-order valence-electron chi connectivity index (χ2n) is 10.0. The van der Waals surface area contributed by atoms with E-state index in [1.54, 1.807) is 12.1 Å². The van der Waals surface area contributed by atoms with Gasteiger partial charge in [0, 0.05) is 18.5 Å². The molecule has 2 aliphatic heterocycles. The standard InChI is InChI=1S/C27H30F7NO3/c1-35-9-6-21(36)15-23(35)22-8-11-38-25(24(22)17-2-4-20(28)5-3-17)37-10-7-16-12-18(26(29,30)31)14-19(13-16)27(32,33)34/h2-5,12-14,21-25,36H,6-11,15H2,1H3/t21?,22?,23?,24-,25-/m1/s1. The van der Waals surface area contributed by atoms with Crippen LogP contribution < -0.4 is 0 Å². The molecule has 11 heteroatoms. The van der Waals surface area contributed by atoms with Gasteiger partial charge in [-0.2, -0.15) is 26.3 Å². The van der Waals surface area contributed by atoms with Crippen LogP contribution in [0.5, 0.6) is 0 Å². The van der Waals surface area contributed by atoms with Crippen molar-refractivity contribution in [2.24, 2.45) is 5.92 Å². The van der Waals surface area contributed by atoms with Crippen LogP contribution in [0.15, 0.2) is 42.5 Å². The molecule has 3 unspecified atom stereocenters. The molecular formula is C27H30F7NO3. The molecule has 2 saturated heterocycles. The first-order valence-corrected chi connectivity index (χ1v) is 12.5. The summed E-state index contributed by atoms with van der Waals surface area (Å²) in [7, 11) is 1.97. The Morgan fingerprint density at radius 3 is 2.21 bits per heavy atom. The van der Waals surface area contributed by atoms with Crippen LogP contribution in [-0.4, -0.2) is 55.2 Å². The number of hydrogen-bond acceptors (Lipinski definition) is 4. The van der Waals surface area contributed by atoms with Crippen molar-refractivity contribution in [3.8, 4) is 0 Å². The molecule has 2 fully saturated rings. The lowest BCUT2D eigenvalue weighted by atomic mass is 9.74. The number of rotatable bonds is 6. The van der Waals surface area contributed by atoms with Gasteiger partial charge in [-0.25, -0.2) is 4.39 Å². The molecule has 0 aromatic heterocycles. The van der Waals surface area contributed by atoms with Gasteiger partial charge >= 0.3 is 12.4 Å². The number of halogens is 7. The molecule has 0 saturated carbocycles. The number of alkyl halides is 6. The summed E-state index contributed by atoms with van der Waals surface area (Å²) in [6.07, 6.45) is -9.54. The quantitative estimate of drug-likeness (QED) is 0.448. The lowest BCUT2D eigenvalue weighted by Crippen LogP contribution is -2.51. The Labute approximate surface area is 216 Å². The number of nitrogens with zero attached hydrogens (tertiary/aromatic N) is 1. The first-order valence-electron chi connectivity index (χ1n) is 12.5. The largest absolute Gasteiger partial charge is 0.416 e. The third-order valence-electron chi connectivity index (χ3n) is 7.45. The summed E-state index contributed by atoms with van der Waals surface area (Å²) in [5.74, 6) is -0.839. The minimum atomic E-state index is -4.93. The number of benzene rings is 2. The first-order chi connectivity index (χ1) is 17.8. The Hall–Kier alpha value is -2.21. The SMILES string of the molecule is CN1CCC(O)CC1C1CCO[C@@H](OCCc2cc(C(F)(F)F)cc(C(F)(F)F)c2)[C@@H]1c1ccc(F)cc1. The van der Waals surface area contributed by atoms with E-state index in [1.165, 1.54) is 12.1 Å². The van der Waals surface area contributed by atoms with Gasteiger partial charge in [0.2, 0.25) is 0 Å². The molecule has 38 heavy (non-hydrogen) atoms. The fourth-order valence-electron chi connectivity index (χ4n) is 5.53. The maximum atomic E-state index is 13.7. The van der Waals surface area contributed by atoms with E-state index in [0.29, 0.717) is 44.5 Å². The smallest absolute Gasteiger partial charge is 0.393 e. The van der Waals surface area contributed by atoms with E-state index in [-0.39, 0.29) is 42.5 Å². The molecule has 2 heterocycles. The van der Waals surface area contributed by atoms with E-state index in [9.17, 15) is 35.8 Å². The molecule has 4 nitrogen and oxygen atoms in total. The molecule has 210 valence electrons. The Morgan fingerprint density at radius 1 is 0.974 bits per heavy atom. The molecule has 2 aromatic carbocycles. The summed E-state index contributed by atoms with van der Waals surface area (Å²) < 4.78 is 105. The number of ether oxygens (including phenoxy) is 2. The molecule has 2 aliphatic rings. The average Bonchev–Trinajstić information content (AvgIpc) is 2.85. The van der Waals surface area contributed by atoms with Gasteiger partial charge in [-0.05, 0) is 80.1 Å². The molecule has 1 N–H and O–H groups in total. The maximum absolute atomic E-state index is 13.7. The number of hydrogen-bond donors (Lipinski definition) is 1. The highest BCUT2D eigenvalue weighted by Crippen LogP contribution is 2.42. The average molecular weight is 550 g/mol. The number of piperidine rings is 1. The van der Waals surface area contributed by atoms with Gasteiger partial charge in [0.15, 0.2) is 6.29 Å². The van der Waals surface area contributed by atoms with Gasteiger partial charge in [0.05, 0.1) is 30.4 Å². The summed E-state index contributed by atoms with van der Waals surface area (Å²) >= 11 is 0. The van der Waals surface area contributed by atoms with Crippen LogP contribution >= 0.6 is 0 Å². The van der Waals surface area contributed by atoms with E-state index in [1.807, 2.05) is 7.05 Å². The van der Waals surface area contributed by atoms with Crippen molar-refractivity contribution in [2.45, 2.75) is 62.4 Å². The summed E-state index contributed by atoms with van der Waals surface area (Å²) in [5.41, 5.74) is -2.17. The zero-order chi connectivity index (χ0) is 27.7. The van der Waals surface area contributed by atoms with Crippen molar-refractivity contribution in [3.63, 3.8) is 0 Å². The van der Waals surface area contributed by atoms with Gasteiger partial charge in [0.1, 0.15) is 5.82 Å². The molecule has 2 aromatic rings. The Bertz CT molecular complexity index is 1040. The van der Waals surface area contributed by atoms with Crippen molar-refractivity contribution in [3.05, 3.63) is 70.5 Å². The van der Waals surface area contributed by atoms with E-state index in [2.05, 4.69) is 4.90 Å². The molecule has 0 bridgehead atoms. The third kappa shape index (κ3) is 6.86. The highest BCUT2D eigenvalue weighted by Gasteiger charge is 2.43. The van der Waals surface area contributed by atoms with Crippen LogP contribution in [0.2, 0.25) is 0 Å². The molecule has 0 radical (unpaired) electrons. The second kappa shape index (κ2) is 11.5. The maximum Gasteiger partial charge on any atom is 0.416 e. The Balaban J connectivity index is 1.55. The zero-order valence-corrected chi connectivity index (χ0v) is 20.7. The van der Waals surface area contributed by atoms with Crippen LogP contribution in [0.3, 0.4) is 0 Å². The van der Waals surface area contributed by atoms with Gasteiger partial charge in [-0.1, -0.05) is 12.1 Å². The zero-order valence-electron chi connectivity index (χ0n) is 20.7. The lowest BCUT2D eigenvalue weighted by Gasteiger charge is -2.47. The molecular weight excluding hydrogens is 519 g/mol. The van der Waals surface area contributed by atoms with Crippen LogP contribution in [0, 0.1) is 11.7 Å². The monoisotopic (exact) mass is 549 g/mol. The van der Waals surface area contributed by atoms with E-state index in [0.717, 1.165) is 5.56 Å². The van der Waals surface area contributed by atoms with E-state index in [4.69, 9.17) is 9.47 Å². The minimum absolute atomic E-state index is 0.0124. The normalized spacial score (nSPS) is 27.4. The highest BCUT2D eigenvalue weighted by molar-refractivity contribution is 5.34. The van der Waals surface area contributed by atoms with Gasteiger partial charge in [-0.3, -0.25) is 0 Å². The summed E-state index contributed by atoms with van der Waals surface area (Å²) in [6.45, 7) is 0.841. The van der Waals surface area contributed by atoms with Crippen molar-refractivity contribution < 1.29 is 45.3 Å². The van der Waals surface area contributed by atoms with E-state index < -0.39 is 41.7 Å². The van der Waals surface area contributed by atoms with Crippen LogP contribution in [-0.2, 0) is 28.2 Å². The number of likely N-dealkylation sites (tertiary alicyclic amines) is 1.